The smallest absolute Gasteiger partial charge is 0.0795 e. The second kappa shape index (κ2) is 4.94. The summed E-state index contributed by atoms with van der Waals surface area (Å²) in [4.78, 5) is 2.36. The fourth-order valence-corrected chi connectivity index (χ4v) is 1.85. The predicted octanol–water partition coefficient (Wildman–Crippen LogP) is 0.443. The topological polar surface area (TPSA) is 35.5 Å². The molecule has 0 radical (unpaired) electrons. The van der Waals surface area contributed by atoms with Crippen molar-refractivity contribution in [3.8, 4) is 0 Å². The molecule has 0 bridgehead atoms. The molecular formula is C10H22N2O. The summed E-state index contributed by atoms with van der Waals surface area (Å²) in [5.74, 6) is 0. The summed E-state index contributed by atoms with van der Waals surface area (Å²) >= 11 is 0. The second-order valence-electron chi connectivity index (χ2n) is 3.93. The first-order chi connectivity index (χ1) is 6.20. The maximum Gasteiger partial charge on any atom is 0.0795 e. The normalized spacial score (nSPS) is 28.6. The van der Waals surface area contributed by atoms with E-state index in [2.05, 4.69) is 24.1 Å². The minimum absolute atomic E-state index is 0.428. The van der Waals surface area contributed by atoms with E-state index in [9.17, 15) is 5.11 Å². The number of β-amino-alcohol motifs (C(OH)–C–C–N with tert-alkyl or cyclic N) is 1. The highest BCUT2D eigenvalue weighted by Gasteiger charge is 2.30. The van der Waals surface area contributed by atoms with E-state index < -0.39 is 5.60 Å². The maximum atomic E-state index is 10.0. The van der Waals surface area contributed by atoms with Gasteiger partial charge in [0.15, 0.2) is 0 Å². The average Bonchev–Trinajstić information content (AvgIpc) is 2.55. The molecule has 13 heavy (non-hydrogen) atoms. The van der Waals surface area contributed by atoms with Gasteiger partial charge in [-0.1, -0.05) is 13.8 Å². The van der Waals surface area contributed by atoms with Crippen molar-refractivity contribution in [1.82, 2.24) is 10.2 Å². The third kappa shape index (κ3) is 3.25. The summed E-state index contributed by atoms with van der Waals surface area (Å²) in [7, 11) is 0. The molecule has 0 aliphatic carbocycles. The van der Waals surface area contributed by atoms with Gasteiger partial charge in [0, 0.05) is 13.1 Å². The van der Waals surface area contributed by atoms with Crippen LogP contribution >= 0.6 is 0 Å². The molecule has 1 aliphatic heterocycles. The van der Waals surface area contributed by atoms with Crippen molar-refractivity contribution in [3.05, 3.63) is 0 Å². The summed E-state index contributed by atoms with van der Waals surface area (Å²) in [6.07, 6.45) is 1.82. The fraction of sp³-hybridized carbons (Fsp3) is 1.00. The molecule has 1 saturated heterocycles. The van der Waals surface area contributed by atoms with Crippen LogP contribution in [0.3, 0.4) is 0 Å². The monoisotopic (exact) mass is 186 g/mol. The van der Waals surface area contributed by atoms with Gasteiger partial charge in [-0.25, -0.2) is 0 Å². The van der Waals surface area contributed by atoms with E-state index in [0.717, 1.165) is 45.6 Å². The van der Waals surface area contributed by atoms with Crippen molar-refractivity contribution >= 4 is 0 Å². The van der Waals surface area contributed by atoms with Gasteiger partial charge in [0.05, 0.1) is 5.60 Å². The summed E-state index contributed by atoms with van der Waals surface area (Å²) in [6.45, 7) is 9.26. The first-order valence-corrected chi connectivity index (χ1v) is 5.35. The van der Waals surface area contributed by atoms with E-state index in [1.807, 2.05) is 0 Å². The van der Waals surface area contributed by atoms with Crippen molar-refractivity contribution in [1.29, 1.82) is 0 Å². The number of hydrogen-bond acceptors (Lipinski definition) is 3. The summed E-state index contributed by atoms with van der Waals surface area (Å²) in [5, 5.41) is 13.2. The molecule has 1 rings (SSSR count). The molecule has 1 fully saturated rings. The van der Waals surface area contributed by atoms with Crippen LogP contribution in [0.15, 0.2) is 0 Å². The molecular weight excluding hydrogens is 164 g/mol. The van der Waals surface area contributed by atoms with Crippen LogP contribution in [-0.4, -0.2) is 48.3 Å². The number of nitrogens with one attached hydrogen (secondary N) is 1. The highest BCUT2D eigenvalue weighted by molar-refractivity contribution is 4.88. The molecule has 78 valence electrons. The summed E-state index contributed by atoms with van der Waals surface area (Å²) in [6, 6.07) is 0. The van der Waals surface area contributed by atoms with Gasteiger partial charge in [-0.2, -0.15) is 0 Å². The van der Waals surface area contributed by atoms with Gasteiger partial charge in [0.25, 0.3) is 0 Å². The molecule has 0 aromatic rings. The van der Waals surface area contributed by atoms with Gasteiger partial charge in [-0.3, -0.25) is 0 Å². The quantitative estimate of drug-likeness (QED) is 0.654. The van der Waals surface area contributed by atoms with Crippen molar-refractivity contribution in [2.75, 3.05) is 32.7 Å². The van der Waals surface area contributed by atoms with E-state index in [1.165, 1.54) is 0 Å². The molecule has 1 unspecified atom stereocenters. The Morgan fingerprint density at radius 1 is 1.38 bits per heavy atom. The second-order valence-corrected chi connectivity index (χ2v) is 3.93. The summed E-state index contributed by atoms with van der Waals surface area (Å²) < 4.78 is 0. The lowest BCUT2D eigenvalue weighted by molar-refractivity contribution is 0.0417. The molecule has 1 atom stereocenters. The molecule has 0 aromatic heterocycles. The molecule has 0 saturated carbocycles. The fourth-order valence-electron chi connectivity index (χ4n) is 1.85. The van der Waals surface area contributed by atoms with Crippen molar-refractivity contribution < 1.29 is 5.11 Å². The Hall–Kier alpha value is -0.120. The number of aliphatic hydroxyl groups is 1. The van der Waals surface area contributed by atoms with Crippen LogP contribution in [0.5, 0.6) is 0 Å². The Balaban J connectivity index is 2.23. The van der Waals surface area contributed by atoms with Crippen molar-refractivity contribution in [3.63, 3.8) is 0 Å². The Morgan fingerprint density at radius 2 is 2.08 bits per heavy atom. The van der Waals surface area contributed by atoms with Gasteiger partial charge in [0.1, 0.15) is 0 Å². The molecule has 3 nitrogen and oxygen atoms in total. The van der Waals surface area contributed by atoms with Crippen molar-refractivity contribution in [2.45, 2.75) is 32.3 Å². The lowest BCUT2D eigenvalue weighted by atomic mass is 9.99. The van der Waals surface area contributed by atoms with Crippen LogP contribution in [0.25, 0.3) is 0 Å². The minimum atomic E-state index is -0.428. The van der Waals surface area contributed by atoms with Gasteiger partial charge in [-0.15, -0.1) is 0 Å². The van der Waals surface area contributed by atoms with E-state index in [-0.39, 0.29) is 0 Å². The zero-order chi connectivity index (χ0) is 9.73. The standard InChI is InChI=1S/C10H22N2O/c1-3-12(4-2)8-6-10(13)5-7-11-9-10/h11,13H,3-9H2,1-2H3. The third-order valence-corrected chi connectivity index (χ3v) is 3.01. The molecule has 3 heteroatoms. The Kier molecular flexibility index (Phi) is 4.16. The van der Waals surface area contributed by atoms with Crippen LogP contribution < -0.4 is 5.32 Å². The average molecular weight is 186 g/mol. The third-order valence-electron chi connectivity index (χ3n) is 3.01. The van der Waals surface area contributed by atoms with Crippen LogP contribution in [0.1, 0.15) is 26.7 Å². The van der Waals surface area contributed by atoms with Gasteiger partial charge in [0.2, 0.25) is 0 Å². The molecule has 2 N–H and O–H groups in total. The molecule has 0 amide bonds. The zero-order valence-corrected chi connectivity index (χ0v) is 8.84. The van der Waals surface area contributed by atoms with Crippen LogP contribution in [0.4, 0.5) is 0 Å². The van der Waals surface area contributed by atoms with E-state index in [0.29, 0.717) is 0 Å². The van der Waals surface area contributed by atoms with Gasteiger partial charge in [-0.05, 0) is 32.5 Å². The number of hydrogen-bond donors (Lipinski definition) is 2. The zero-order valence-electron chi connectivity index (χ0n) is 8.84. The lowest BCUT2D eigenvalue weighted by Gasteiger charge is -2.25. The minimum Gasteiger partial charge on any atom is -0.388 e. The Labute approximate surface area is 81.1 Å². The highest BCUT2D eigenvalue weighted by Crippen LogP contribution is 2.18. The lowest BCUT2D eigenvalue weighted by Crippen LogP contribution is -2.36. The molecule has 0 aromatic carbocycles. The molecule has 0 spiro atoms. The number of rotatable bonds is 5. The predicted molar refractivity (Wildman–Crippen MR) is 54.8 cm³/mol. The largest absolute Gasteiger partial charge is 0.388 e. The SMILES string of the molecule is CCN(CC)CCC1(O)CCNC1. The first kappa shape index (κ1) is 11.0. The molecule has 1 heterocycles. The van der Waals surface area contributed by atoms with Crippen LogP contribution in [-0.2, 0) is 0 Å². The molecule has 1 aliphatic rings. The Morgan fingerprint density at radius 3 is 2.54 bits per heavy atom. The van der Waals surface area contributed by atoms with Crippen LogP contribution in [0, 0.1) is 0 Å². The first-order valence-electron chi connectivity index (χ1n) is 5.35. The maximum absolute atomic E-state index is 10.0. The van der Waals surface area contributed by atoms with E-state index in [1.54, 1.807) is 0 Å². The van der Waals surface area contributed by atoms with Crippen molar-refractivity contribution in [2.24, 2.45) is 0 Å². The number of nitrogens with zero attached hydrogens (tertiary/aromatic N) is 1. The van der Waals surface area contributed by atoms with Crippen LogP contribution in [0.2, 0.25) is 0 Å². The van der Waals surface area contributed by atoms with E-state index in [4.69, 9.17) is 0 Å². The van der Waals surface area contributed by atoms with Gasteiger partial charge >= 0.3 is 0 Å². The van der Waals surface area contributed by atoms with Gasteiger partial charge < -0.3 is 15.3 Å². The van der Waals surface area contributed by atoms with E-state index >= 15 is 0 Å². The Bertz CT molecular complexity index is 140. The highest BCUT2D eigenvalue weighted by atomic mass is 16.3. The summed E-state index contributed by atoms with van der Waals surface area (Å²) in [5.41, 5.74) is -0.428.